The Bertz CT molecular complexity index is 112. The number of hydrogen-bond donors (Lipinski definition) is 1. The lowest BCUT2D eigenvalue weighted by Gasteiger charge is -2.00. The van der Waals surface area contributed by atoms with Crippen LogP contribution in [0.1, 0.15) is 6.92 Å². The summed E-state index contributed by atoms with van der Waals surface area (Å²) >= 11 is 1.37. The van der Waals surface area contributed by atoms with Crippen LogP contribution in [0.5, 0.6) is 0 Å². The first kappa shape index (κ1) is 8.56. The highest BCUT2D eigenvalue weighted by molar-refractivity contribution is 8.00. The molecule has 0 saturated heterocycles. The lowest BCUT2D eigenvalue weighted by molar-refractivity contribution is -0.136. The van der Waals surface area contributed by atoms with Gasteiger partial charge in [-0.05, 0) is 6.92 Å². The van der Waals surface area contributed by atoms with Crippen LogP contribution < -0.4 is 0 Å². The van der Waals surface area contributed by atoms with Crippen molar-refractivity contribution >= 4 is 17.7 Å². The summed E-state index contributed by atoms with van der Waals surface area (Å²) in [7, 11) is 0. The Morgan fingerprint density at radius 2 is 2.56 bits per heavy atom. The first-order valence-corrected chi connectivity index (χ1v) is 3.68. The molecule has 0 unspecified atom stereocenters. The molecule has 2 nitrogen and oxygen atoms in total. The van der Waals surface area contributed by atoms with E-state index in [2.05, 4.69) is 6.58 Å². The molecule has 0 aliphatic rings. The Morgan fingerprint density at radius 3 is 2.89 bits per heavy atom. The zero-order valence-electron chi connectivity index (χ0n) is 5.33. The lowest BCUT2D eigenvalue weighted by atomic mass is 10.5. The van der Waals surface area contributed by atoms with Crippen molar-refractivity contribution in [2.45, 2.75) is 12.2 Å². The van der Waals surface area contributed by atoms with E-state index in [4.69, 9.17) is 5.11 Å². The van der Waals surface area contributed by atoms with Gasteiger partial charge in [0.05, 0.1) is 5.25 Å². The van der Waals surface area contributed by atoms with Crippen molar-refractivity contribution in [3.05, 3.63) is 12.7 Å². The third kappa shape index (κ3) is 4.09. The molecule has 0 fully saturated rings. The summed E-state index contributed by atoms with van der Waals surface area (Å²) < 4.78 is 0. The molecule has 3 heteroatoms. The first-order chi connectivity index (χ1) is 4.18. The molecule has 1 atom stereocenters. The minimum Gasteiger partial charge on any atom is -0.480 e. The second-order valence-electron chi connectivity index (χ2n) is 1.60. The fourth-order valence-corrected chi connectivity index (χ4v) is 0.851. The summed E-state index contributed by atoms with van der Waals surface area (Å²) in [4.78, 5) is 10.2. The SMILES string of the molecule is C=CCS[C@@H](C)C(=O)O. The summed E-state index contributed by atoms with van der Waals surface area (Å²) in [5.74, 6) is -0.0603. The second kappa shape index (κ2) is 4.44. The van der Waals surface area contributed by atoms with Crippen LogP contribution in [-0.4, -0.2) is 22.1 Å². The van der Waals surface area contributed by atoms with Crippen LogP contribution in [0.4, 0.5) is 0 Å². The van der Waals surface area contributed by atoms with E-state index in [1.54, 1.807) is 13.0 Å². The topological polar surface area (TPSA) is 37.3 Å². The molecule has 0 aromatic heterocycles. The average molecular weight is 146 g/mol. The molecule has 0 aromatic carbocycles. The zero-order valence-corrected chi connectivity index (χ0v) is 6.15. The third-order valence-electron chi connectivity index (χ3n) is 0.812. The molecule has 9 heavy (non-hydrogen) atoms. The van der Waals surface area contributed by atoms with Gasteiger partial charge in [0, 0.05) is 5.75 Å². The van der Waals surface area contributed by atoms with Crippen molar-refractivity contribution < 1.29 is 9.90 Å². The van der Waals surface area contributed by atoms with E-state index in [-0.39, 0.29) is 5.25 Å². The fourth-order valence-electron chi connectivity index (χ4n) is 0.284. The van der Waals surface area contributed by atoms with Gasteiger partial charge in [0.15, 0.2) is 0 Å². The van der Waals surface area contributed by atoms with Crippen molar-refractivity contribution in [1.82, 2.24) is 0 Å². The molecule has 0 saturated carbocycles. The quantitative estimate of drug-likeness (QED) is 0.609. The Kier molecular flexibility index (Phi) is 4.22. The van der Waals surface area contributed by atoms with E-state index in [1.165, 1.54) is 11.8 Å². The highest BCUT2D eigenvalue weighted by Gasteiger charge is 2.08. The molecule has 0 bridgehead atoms. The smallest absolute Gasteiger partial charge is 0.316 e. The molecule has 0 aliphatic heterocycles. The van der Waals surface area contributed by atoms with Crippen molar-refractivity contribution in [2.24, 2.45) is 0 Å². The number of aliphatic carboxylic acids is 1. The standard InChI is InChI=1S/C6H10O2S/c1-3-4-9-5(2)6(7)8/h3,5H,1,4H2,2H3,(H,7,8)/t5-/m0/s1. The monoisotopic (exact) mass is 146 g/mol. The van der Waals surface area contributed by atoms with Crippen LogP contribution in [0.25, 0.3) is 0 Å². The third-order valence-corrected chi connectivity index (χ3v) is 1.94. The minimum absolute atomic E-state index is 0.317. The Labute approximate surface area is 59.0 Å². The first-order valence-electron chi connectivity index (χ1n) is 2.63. The molecule has 0 radical (unpaired) electrons. The van der Waals surface area contributed by atoms with Crippen LogP contribution in [0.3, 0.4) is 0 Å². The molecule has 0 amide bonds. The highest BCUT2D eigenvalue weighted by atomic mass is 32.2. The van der Waals surface area contributed by atoms with Gasteiger partial charge in [-0.15, -0.1) is 18.3 Å². The van der Waals surface area contributed by atoms with Crippen molar-refractivity contribution in [1.29, 1.82) is 0 Å². The van der Waals surface area contributed by atoms with Crippen LogP contribution in [0, 0.1) is 0 Å². The molecule has 0 rings (SSSR count). The Hall–Kier alpha value is -0.440. The van der Waals surface area contributed by atoms with Gasteiger partial charge in [0.2, 0.25) is 0 Å². The summed E-state index contributed by atoms with van der Waals surface area (Å²) in [6.45, 7) is 5.14. The Balaban J connectivity index is 3.37. The van der Waals surface area contributed by atoms with Crippen LogP contribution in [0.15, 0.2) is 12.7 Å². The van der Waals surface area contributed by atoms with Crippen LogP contribution >= 0.6 is 11.8 Å². The predicted molar refractivity (Wildman–Crippen MR) is 39.8 cm³/mol. The summed E-state index contributed by atoms with van der Waals surface area (Å²) in [5, 5.41) is 8.04. The van der Waals surface area contributed by atoms with Gasteiger partial charge in [-0.25, -0.2) is 0 Å². The zero-order chi connectivity index (χ0) is 7.28. The summed E-state index contributed by atoms with van der Waals surface area (Å²) in [5.41, 5.74) is 0. The maximum Gasteiger partial charge on any atom is 0.316 e. The molecule has 0 aromatic rings. The van der Waals surface area contributed by atoms with Gasteiger partial charge in [-0.1, -0.05) is 6.08 Å². The van der Waals surface area contributed by atoms with E-state index in [0.717, 1.165) is 0 Å². The second-order valence-corrected chi connectivity index (χ2v) is 2.98. The van der Waals surface area contributed by atoms with E-state index < -0.39 is 5.97 Å². The Morgan fingerprint density at radius 1 is 2.00 bits per heavy atom. The van der Waals surface area contributed by atoms with Crippen LogP contribution in [-0.2, 0) is 4.79 Å². The fraction of sp³-hybridized carbons (Fsp3) is 0.500. The lowest BCUT2D eigenvalue weighted by Crippen LogP contribution is -2.11. The predicted octanol–water partition coefficient (Wildman–Crippen LogP) is 1.38. The van der Waals surface area contributed by atoms with Crippen molar-refractivity contribution in [3.63, 3.8) is 0 Å². The maximum absolute atomic E-state index is 10.2. The maximum atomic E-state index is 10.2. The van der Waals surface area contributed by atoms with E-state index in [1.807, 2.05) is 0 Å². The number of thioether (sulfide) groups is 1. The van der Waals surface area contributed by atoms with Gasteiger partial charge in [0.1, 0.15) is 0 Å². The van der Waals surface area contributed by atoms with Gasteiger partial charge >= 0.3 is 5.97 Å². The van der Waals surface area contributed by atoms with Gasteiger partial charge < -0.3 is 5.11 Å². The normalized spacial score (nSPS) is 12.6. The van der Waals surface area contributed by atoms with E-state index in [9.17, 15) is 4.79 Å². The number of hydrogen-bond acceptors (Lipinski definition) is 2. The summed E-state index contributed by atoms with van der Waals surface area (Å²) in [6.07, 6.45) is 1.70. The van der Waals surface area contributed by atoms with Gasteiger partial charge in [-0.2, -0.15) is 0 Å². The molecule has 0 spiro atoms. The molecule has 0 aliphatic carbocycles. The molecule has 52 valence electrons. The number of carbonyl (C=O) groups is 1. The molecule has 1 N–H and O–H groups in total. The minimum atomic E-state index is -0.762. The van der Waals surface area contributed by atoms with Gasteiger partial charge in [-0.3, -0.25) is 4.79 Å². The van der Waals surface area contributed by atoms with Crippen LogP contribution in [0.2, 0.25) is 0 Å². The molecular formula is C6H10O2S. The highest BCUT2D eigenvalue weighted by Crippen LogP contribution is 2.09. The number of carboxylic acid groups (broad SMARTS) is 1. The number of carboxylic acids is 1. The van der Waals surface area contributed by atoms with Crippen molar-refractivity contribution in [2.75, 3.05) is 5.75 Å². The molecular weight excluding hydrogens is 136 g/mol. The molecule has 0 heterocycles. The van der Waals surface area contributed by atoms with Gasteiger partial charge in [0.25, 0.3) is 0 Å². The largest absolute Gasteiger partial charge is 0.480 e. The van der Waals surface area contributed by atoms with Crippen molar-refractivity contribution in [3.8, 4) is 0 Å². The number of rotatable bonds is 4. The van der Waals surface area contributed by atoms with E-state index in [0.29, 0.717) is 5.75 Å². The summed E-state index contributed by atoms with van der Waals surface area (Å²) in [6, 6.07) is 0. The average Bonchev–Trinajstić information content (AvgIpc) is 1.82. The van der Waals surface area contributed by atoms with E-state index >= 15 is 0 Å².